The van der Waals surface area contributed by atoms with Gasteiger partial charge in [-0.05, 0) is 12.7 Å². The second kappa shape index (κ2) is 8.95. The highest BCUT2D eigenvalue weighted by atomic mass is 32.2. The summed E-state index contributed by atoms with van der Waals surface area (Å²) >= 11 is 7.88. The topological polar surface area (TPSA) is 42.9 Å². The Hall–Kier alpha value is -0.200. The van der Waals surface area contributed by atoms with E-state index in [0.29, 0.717) is 5.69 Å². The summed E-state index contributed by atoms with van der Waals surface area (Å²) in [5.41, 5.74) is 2.39. The van der Waals surface area contributed by atoms with E-state index in [9.17, 15) is 4.79 Å². The van der Waals surface area contributed by atoms with Gasteiger partial charge in [-0.3, -0.25) is 9.78 Å². The zero-order valence-electron chi connectivity index (χ0n) is 12.4. The Morgan fingerprint density at radius 3 is 2.55 bits per heavy atom. The SMILES string of the molecule is CCSCc1nc(C(=O)C(C)C)cnc1CSC(C)S. The van der Waals surface area contributed by atoms with Crippen LogP contribution in [0.1, 0.15) is 49.6 Å². The highest BCUT2D eigenvalue weighted by Crippen LogP contribution is 2.23. The van der Waals surface area contributed by atoms with E-state index in [-0.39, 0.29) is 16.3 Å². The predicted octanol–water partition coefficient (Wildman–Crippen LogP) is 4.08. The van der Waals surface area contributed by atoms with Crippen molar-refractivity contribution < 1.29 is 4.79 Å². The molecule has 1 heterocycles. The van der Waals surface area contributed by atoms with Crippen LogP contribution in [0.25, 0.3) is 0 Å². The van der Waals surface area contributed by atoms with Gasteiger partial charge in [0, 0.05) is 22.0 Å². The number of aromatic nitrogens is 2. The minimum atomic E-state index is -0.0475. The molecule has 0 bridgehead atoms. The summed E-state index contributed by atoms with van der Waals surface area (Å²) in [5.74, 6) is 2.63. The first kappa shape index (κ1) is 17.9. The summed E-state index contributed by atoms with van der Waals surface area (Å²) in [5, 5.41) is 0. The van der Waals surface area contributed by atoms with E-state index in [2.05, 4.69) is 29.5 Å². The van der Waals surface area contributed by atoms with Crippen LogP contribution in [0.2, 0.25) is 0 Å². The smallest absolute Gasteiger partial charge is 0.185 e. The number of thioether (sulfide) groups is 2. The molecule has 0 fully saturated rings. The molecule has 0 spiro atoms. The lowest BCUT2D eigenvalue weighted by atomic mass is 10.1. The van der Waals surface area contributed by atoms with Gasteiger partial charge >= 0.3 is 0 Å². The maximum absolute atomic E-state index is 12.0. The lowest BCUT2D eigenvalue weighted by molar-refractivity contribution is 0.0933. The van der Waals surface area contributed by atoms with Gasteiger partial charge in [0.2, 0.25) is 0 Å². The van der Waals surface area contributed by atoms with Gasteiger partial charge in [0.1, 0.15) is 5.69 Å². The first-order chi connectivity index (χ1) is 9.45. The number of thiol groups is 1. The molecular weight excluding hydrogens is 308 g/mol. The van der Waals surface area contributed by atoms with Crippen LogP contribution in [0, 0.1) is 5.92 Å². The molecule has 0 N–H and O–H groups in total. The third-order valence-electron chi connectivity index (χ3n) is 2.61. The second-order valence-electron chi connectivity index (χ2n) is 4.72. The highest BCUT2D eigenvalue weighted by molar-refractivity contribution is 8.09. The second-order valence-corrected chi connectivity index (χ2v) is 8.44. The lowest BCUT2D eigenvalue weighted by Gasteiger charge is -2.11. The number of ketones is 1. The van der Waals surface area contributed by atoms with E-state index in [1.54, 1.807) is 29.7 Å². The van der Waals surface area contributed by atoms with Gasteiger partial charge in [-0.15, -0.1) is 11.8 Å². The average Bonchev–Trinajstić information content (AvgIpc) is 2.42. The van der Waals surface area contributed by atoms with Gasteiger partial charge in [0.05, 0.1) is 17.6 Å². The predicted molar refractivity (Wildman–Crippen MR) is 92.8 cm³/mol. The molecule has 112 valence electrons. The minimum Gasteiger partial charge on any atom is -0.292 e. The van der Waals surface area contributed by atoms with E-state index in [0.717, 1.165) is 28.6 Å². The van der Waals surface area contributed by atoms with Crippen LogP contribution in [0.3, 0.4) is 0 Å². The molecule has 0 aliphatic carbocycles. The molecule has 6 heteroatoms. The number of carbonyl (C=O) groups is 1. The maximum Gasteiger partial charge on any atom is 0.185 e. The van der Waals surface area contributed by atoms with Crippen LogP contribution in [-0.4, -0.2) is 26.1 Å². The molecule has 0 aliphatic rings. The van der Waals surface area contributed by atoms with Gasteiger partial charge in [0.25, 0.3) is 0 Å². The molecule has 0 saturated heterocycles. The van der Waals surface area contributed by atoms with Gasteiger partial charge in [0.15, 0.2) is 5.78 Å². The first-order valence-electron chi connectivity index (χ1n) is 6.72. The molecule has 1 rings (SSSR count). The number of Topliss-reactive ketones (excluding diaryl/α,β-unsaturated/α-hetero) is 1. The summed E-state index contributed by atoms with van der Waals surface area (Å²) in [7, 11) is 0. The van der Waals surface area contributed by atoms with Crippen LogP contribution in [-0.2, 0) is 11.5 Å². The van der Waals surface area contributed by atoms with Crippen molar-refractivity contribution in [3.8, 4) is 0 Å². The van der Waals surface area contributed by atoms with Crippen LogP contribution in [0.5, 0.6) is 0 Å². The van der Waals surface area contributed by atoms with Crippen molar-refractivity contribution >= 4 is 41.9 Å². The van der Waals surface area contributed by atoms with Crippen LogP contribution < -0.4 is 0 Å². The number of rotatable bonds is 8. The zero-order valence-corrected chi connectivity index (χ0v) is 14.9. The molecule has 0 radical (unpaired) electrons. The van der Waals surface area contributed by atoms with Gasteiger partial charge in [-0.25, -0.2) is 4.98 Å². The quantitative estimate of drug-likeness (QED) is 0.442. The minimum absolute atomic E-state index is 0.0475. The standard InChI is InChI=1S/C14H22N2OS3/c1-5-19-7-13-12(8-20-10(4)18)15-6-11(16-13)14(17)9(2)3/h6,9-10,18H,5,7-8H2,1-4H3. The summed E-state index contributed by atoms with van der Waals surface area (Å²) in [6, 6.07) is 0. The molecule has 1 aromatic heterocycles. The van der Waals surface area contributed by atoms with Crippen LogP contribution in [0.15, 0.2) is 6.20 Å². The zero-order chi connectivity index (χ0) is 15.1. The number of nitrogens with zero attached hydrogens (tertiary/aromatic N) is 2. The Morgan fingerprint density at radius 1 is 1.30 bits per heavy atom. The monoisotopic (exact) mass is 330 g/mol. The van der Waals surface area contributed by atoms with Crippen molar-refractivity contribution in [2.75, 3.05) is 5.75 Å². The molecule has 1 unspecified atom stereocenters. The summed E-state index contributed by atoms with van der Waals surface area (Å²) in [6.45, 7) is 7.93. The number of carbonyl (C=O) groups excluding carboxylic acids is 1. The van der Waals surface area contributed by atoms with Crippen molar-refractivity contribution in [3.05, 3.63) is 23.3 Å². The number of hydrogen-bond donors (Lipinski definition) is 1. The molecule has 3 nitrogen and oxygen atoms in total. The fourth-order valence-corrected chi connectivity index (χ4v) is 2.99. The molecule has 1 atom stereocenters. The van der Waals surface area contributed by atoms with E-state index in [1.165, 1.54) is 0 Å². The van der Waals surface area contributed by atoms with E-state index in [1.807, 2.05) is 20.8 Å². The third-order valence-corrected chi connectivity index (χ3v) is 4.87. The molecule has 0 aliphatic heterocycles. The van der Waals surface area contributed by atoms with Crippen LogP contribution in [0.4, 0.5) is 0 Å². The molecule has 20 heavy (non-hydrogen) atoms. The molecular formula is C14H22N2OS3. The Bertz CT molecular complexity index is 450. The average molecular weight is 331 g/mol. The fourth-order valence-electron chi connectivity index (χ4n) is 1.50. The lowest BCUT2D eigenvalue weighted by Crippen LogP contribution is -2.13. The molecule has 0 aromatic carbocycles. The van der Waals surface area contributed by atoms with E-state index in [4.69, 9.17) is 0 Å². The fraction of sp³-hybridized carbons (Fsp3) is 0.643. The van der Waals surface area contributed by atoms with Crippen molar-refractivity contribution in [3.63, 3.8) is 0 Å². The Morgan fingerprint density at radius 2 is 2.00 bits per heavy atom. The Balaban J connectivity index is 2.96. The highest BCUT2D eigenvalue weighted by Gasteiger charge is 2.16. The van der Waals surface area contributed by atoms with Gasteiger partial charge < -0.3 is 0 Å². The van der Waals surface area contributed by atoms with Crippen LogP contribution >= 0.6 is 36.2 Å². The first-order valence-corrected chi connectivity index (χ1v) is 9.44. The maximum atomic E-state index is 12.0. The number of hydrogen-bond acceptors (Lipinski definition) is 6. The van der Waals surface area contributed by atoms with E-state index >= 15 is 0 Å². The van der Waals surface area contributed by atoms with Gasteiger partial charge in [-0.1, -0.05) is 20.8 Å². The third kappa shape index (κ3) is 5.66. The largest absolute Gasteiger partial charge is 0.292 e. The van der Waals surface area contributed by atoms with Crippen molar-refractivity contribution in [1.82, 2.24) is 9.97 Å². The van der Waals surface area contributed by atoms with Gasteiger partial charge in [-0.2, -0.15) is 24.4 Å². The molecule has 0 amide bonds. The van der Waals surface area contributed by atoms with Crippen molar-refractivity contribution in [1.29, 1.82) is 0 Å². The molecule has 0 saturated carbocycles. The van der Waals surface area contributed by atoms with Crippen molar-refractivity contribution in [2.24, 2.45) is 5.92 Å². The van der Waals surface area contributed by atoms with E-state index < -0.39 is 0 Å². The molecule has 1 aromatic rings. The summed E-state index contributed by atoms with van der Waals surface area (Å²) in [6.07, 6.45) is 1.61. The summed E-state index contributed by atoms with van der Waals surface area (Å²) in [4.78, 5) is 21.0. The van der Waals surface area contributed by atoms with Crippen molar-refractivity contribution in [2.45, 2.75) is 43.8 Å². The normalized spacial score (nSPS) is 12.7. The Labute approximate surface area is 135 Å². The summed E-state index contributed by atoms with van der Waals surface area (Å²) < 4.78 is 0.264. The Kier molecular flexibility index (Phi) is 7.99.